The van der Waals surface area contributed by atoms with Gasteiger partial charge in [0.15, 0.2) is 5.96 Å². The van der Waals surface area contributed by atoms with Gasteiger partial charge in [-0.15, -0.1) is 13.2 Å². The van der Waals surface area contributed by atoms with Crippen molar-refractivity contribution in [1.82, 2.24) is 10.6 Å². The molecule has 1 aromatic carbocycles. The van der Waals surface area contributed by atoms with E-state index in [9.17, 15) is 21.6 Å². The molecule has 6 nitrogen and oxygen atoms in total. The molecule has 0 saturated heterocycles. The summed E-state index contributed by atoms with van der Waals surface area (Å²) < 4.78 is 64.3. The van der Waals surface area contributed by atoms with E-state index in [0.29, 0.717) is 24.4 Å². The number of nitrogens with zero attached hydrogens (tertiary/aromatic N) is 1. The van der Waals surface area contributed by atoms with Gasteiger partial charge in [0.2, 0.25) is 0 Å². The van der Waals surface area contributed by atoms with E-state index in [1.807, 2.05) is 6.92 Å². The summed E-state index contributed by atoms with van der Waals surface area (Å²) in [5, 5.41) is 6.26. The Kier molecular flexibility index (Phi) is 6.61. The maximum absolute atomic E-state index is 12.6. The second-order valence-corrected chi connectivity index (χ2v) is 8.97. The number of ether oxygens (including phenoxy) is 1. The Bertz CT molecular complexity index is 781. The number of sulfone groups is 1. The third kappa shape index (κ3) is 7.28. The first-order valence-corrected chi connectivity index (χ1v) is 10.6. The molecule has 1 saturated carbocycles. The van der Waals surface area contributed by atoms with Crippen LogP contribution in [0.5, 0.6) is 5.75 Å². The van der Waals surface area contributed by atoms with E-state index >= 15 is 0 Å². The van der Waals surface area contributed by atoms with Crippen LogP contribution in [0.1, 0.15) is 31.2 Å². The lowest BCUT2D eigenvalue weighted by atomic mass is 10.1. The summed E-state index contributed by atoms with van der Waals surface area (Å²) in [7, 11) is -1.46. The fourth-order valence-corrected chi connectivity index (χ4v) is 3.53. The lowest BCUT2D eigenvalue weighted by molar-refractivity contribution is -0.274. The fourth-order valence-electron chi connectivity index (χ4n) is 2.75. The number of nitrogens with one attached hydrogen (secondary N) is 2. The molecule has 0 bridgehead atoms. The van der Waals surface area contributed by atoms with Crippen molar-refractivity contribution in [1.29, 1.82) is 0 Å². The van der Waals surface area contributed by atoms with Gasteiger partial charge in [-0.2, -0.15) is 0 Å². The summed E-state index contributed by atoms with van der Waals surface area (Å²) in [6, 6.07) is 5.91. The van der Waals surface area contributed by atoms with Crippen LogP contribution in [-0.2, 0) is 9.84 Å². The van der Waals surface area contributed by atoms with Gasteiger partial charge in [-0.1, -0.05) is 18.2 Å². The van der Waals surface area contributed by atoms with Crippen molar-refractivity contribution < 1.29 is 26.3 Å². The topological polar surface area (TPSA) is 79.8 Å². The van der Waals surface area contributed by atoms with Gasteiger partial charge < -0.3 is 15.4 Å². The molecule has 1 aliphatic carbocycles. The molecule has 0 aliphatic heterocycles. The lowest BCUT2D eigenvalue weighted by Gasteiger charge is -2.18. The predicted octanol–water partition coefficient (Wildman–Crippen LogP) is 2.43. The zero-order chi connectivity index (χ0) is 20.2. The Labute approximate surface area is 157 Å². The quantitative estimate of drug-likeness (QED) is 0.536. The second kappa shape index (κ2) is 8.37. The number of rotatable bonds is 7. The number of aliphatic imine (C=N–C) groups is 1. The third-order valence-corrected chi connectivity index (χ3v) is 5.16. The molecule has 1 fully saturated rings. The maximum Gasteiger partial charge on any atom is 0.573 e. The highest BCUT2D eigenvalue weighted by Crippen LogP contribution is 2.45. The Balaban J connectivity index is 1.93. The number of guanidine groups is 1. The zero-order valence-corrected chi connectivity index (χ0v) is 16.2. The van der Waals surface area contributed by atoms with Gasteiger partial charge in [0.05, 0.1) is 5.75 Å². The molecule has 0 radical (unpaired) electrons. The number of alkyl halides is 3. The molecule has 152 valence electrons. The minimum Gasteiger partial charge on any atom is -0.405 e. The van der Waals surface area contributed by atoms with E-state index in [0.717, 1.165) is 0 Å². The first kappa shape index (κ1) is 21.3. The normalized spacial score (nSPS) is 21.5. The van der Waals surface area contributed by atoms with Crippen molar-refractivity contribution in [3.05, 3.63) is 29.8 Å². The Morgan fingerprint density at radius 2 is 2.04 bits per heavy atom. The molecule has 2 N–H and O–H groups in total. The van der Waals surface area contributed by atoms with Crippen molar-refractivity contribution in [3.8, 4) is 5.75 Å². The first-order chi connectivity index (χ1) is 12.5. The molecule has 3 unspecified atom stereocenters. The van der Waals surface area contributed by atoms with Crippen LogP contribution in [-0.4, -0.2) is 51.9 Å². The summed E-state index contributed by atoms with van der Waals surface area (Å²) in [6.45, 7) is 1.84. The third-order valence-electron chi connectivity index (χ3n) is 4.19. The summed E-state index contributed by atoms with van der Waals surface area (Å²) in [6.07, 6.45) is -2.48. The van der Waals surface area contributed by atoms with Gasteiger partial charge in [0.1, 0.15) is 15.6 Å². The van der Waals surface area contributed by atoms with Crippen molar-refractivity contribution in [2.24, 2.45) is 4.99 Å². The highest BCUT2D eigenvalue weighted by Gasteiger charge is 2.42. The monoisotopic (exact) mass is 407 g/mol. The Morgan fingerprint density at radius 3 is 2.63 bits per heavy atom. The number of para-hydroxylation sites is 1. The molecule has 1 aliphatic rings. The van der Waals surface area contributed by atoms with Crippen LogP contribution in [0.4, 0.5) is 13.2 Å². The molecule has 27 heavy (non-hydrogen) atoms. The first-order valence-electron chi connectivity index (χ1n) is 8.51. The van der Waals surface area contributed by atoms with E-state index in [1.54, 1.807) is 19.2 Å². The van der Waals surface area contributed by atoms with Crippen LogP contribution in [0.25, 0.3) is 0 Å². The van der Waals surface area contributed by atoms with Crippen LogP contribution < -0.4 is 15.4 Å². The highest BCUT2D eigenvalue weighted by atomic mass is 32.2. The maximum atomic E-state index is 12.6. The summed E-state index contributed by atoms with van der Waals surface area (Å²) in [5.41, 5.74) is 0.493. The van der Waals surface area contributed by atoms with Crippen LogP contribution in [0.2, 0.25) is 0 Å². The van der Waals surface area contributed by atoms with Crippen LogP contribution >= 0.6 is 0 Å². The van der Waals surface area contributed by atoms with Crippen molar-refractivity contribution in [2.45, 2.75) is 44.1 Å². The number of benzene rings is 1. The molecular formula is C17H24F3N3O3S. The minimum atomic E-state index is -4.74. The Morgan fingerprint density at radius 1 is 1.37 bits per heavy atom. The largest absolute Gasteiger partial charge is 0.573 e. The van der Waals surface area contributed by atoms with Crippen molar-refractivity contribution in [3.63, 3.8) is 0 Å². The molecule has 3 atom stereocenters. The fraction of sp³-hybridized carbons (Fsp3) is 0.588. The zero-order valence-electron chi connectivity index (χ0n) is 15.4. The van der Waals surface area contributed by atoms with E-state index in [-0.39, 0.29) is 29.5 Å². The number of halogens is 3. The average molecular weight is 407 g/mol. The molecule has 0 amide bonds. The van der Waals surface area contributed by atoms with Gasteiger partial charge in [-0.25, -0.2) is 8.42 Å². The van der Waals surface area contributed by atoms with Crippen LogP contribution in [0.3, 0.4) is 0 Å². The summed E-state index contributed by atoms with van der Waals surface area (Å²) in [5.74, 6) is 0.238. The van der Waals surface area contributed by atoms with E-state index < -0.39 is 16.2 Å². The smallest absolute Gasteiger partial charge is 0.405 e. The average Bonchev–Trinajstić information content (AvgIpc) is 3.29. The van der Waals surface area contributed by atoms with Crippen molar-refractivity contribution >= 4 is 15.8 Å². The SMILES string of the molecule is CN=C(NC(C)CCS(C)(=O)=O)NC1CC1c1ccccc1OC(F)(F)F. The van der Waals surface area contributed by atoms with Gasteiger partial charge in [0.25, 0.3) is 0 Å². The van der Waals surface area contributed by atoms with Crippen LogP contribution in [0.15, 0.2) is 29.3 Å². The molecule has 0 heterocycles. The minimum absolute atomic E-state index is 0.0619. The van der Waals surface area contributed by atoms with Gasteiger partial charge in [0, 0.05) is 31.3 Å². The van der Waals surface area contributed by atoms with E-state index in [4.69, 9.17) is 0 Å². The second-order valence-electron chi connectivity index (χ2n) is 6.71. The number of hydrogen-bond donors (Lipinski definition) is 2. The predicted molar refractivity (Wildman–Crippen MR) is 97.7 cm³/mol. The standard InChI is InChI=1S/C17H24F3N3O3S/c1-11(8-9-27(3,24)25)22-16(21-2)23-14-10-13(14)12-6-4-5-7-15(12)26-17(18,19)20/h4-7,11,13-14H,8-10H2,1-3H3,(H2,21,22,23). The van der Waals surface area contributed by atoms with Crippen LogP contribution in [0, 0.1) is 0 Å². The lowest BCUT2D eigenvalue weighted by Crippen LogP contribution is -2.44. The molecule has 10 heteroatoms. The summed E-state index contributed by atoms with van der Waals surface area (Å²) in [4.78, 5) is 4.10. The molecule has 0 spiro atoms. The van der Waals surface area contributed by atoms with Gasteiger partial charge >= 0.3 is 6.36 Å². The highest BCUT2D eigenvalue weighted by molar-refractivity contribution is 7.90. The molecular weight excluding hydrogens is 383 g/mol. The summed E-state index contributed by atoms with van der Waals surface area (Å²) >= 11 is 0. The molecule has 1 aromatic rings. The number of hydrogen-bond acceptors (Lipinski definition) is 4. The molecule has 0 aromatic heterocycles. The van der Waals surface area contributed by atoms with Gasteiger partial charge in [-0.05, 0) is 31.4 Å². The van der Waals surface area contributed by atoms with E-state index in [2.05, 4.69) is 20.4 Å². The van der Waals surface area contributed by atoms with Crippen molar-refractivity contribution in [2.75, 3.05) is 19.1 Å². The van der Waals surface area contributed by atoms with Gasteiger partial charge in [-0.3, -0.25) is 4.99 Å². The van der Waals surface area contributed by atoms with E-state index in [1.165, 1.54) is 18.4 Å². The molecule has 2 rings (SSSR count). The Hall–Kier alpha value is -1.97.